The lowest BCUT2D eigenvalue weighted by Crippen LogP contribution is -2.33. The Balaban J connectivity index is 2.01. The summed E-state index contributed by atoms with van der Waals surface area (Å²) in [4.78, 5) is 9.83. The number of sulfonamides is 1. The first-order valence-corrected chi connectivity index (χ1v) is 8.33. The van der Waals surface area contributed by atoms with Crippen molar-refractivity contribution in [2.24, 2.45) is 0 Å². The van der Waals surface area contributed by atoms with Crippen molar-refractivity contribution in [1.82, 2.24) is 4.72 Å². The van der Waals surface area contributed by atoms with Crippen molar-refractivity contribution >= 4 is 15.7 Å². The zero-order chi connectivity index (χ0) is 16.9. The topological polar surface area (TPSA) is 110 Å². The molecular formula is C15H16N2O5S. The molecule has 0 aliphatic heterocycles. The number of rotatable bonds is 7. The van der Waals surface area contributed by atoms with Gasteiger partial charge in [0.25, 0.3) is 5.69 Å². The van der Waals surface area contributed by atoms with Crippen LogP contribution in [0.1, 0.15) is 5.56 Å². The average Bonchev–Trinajstić information content (AvgIpc) is 2.54. The lowest BCUT2D eigenvalue weighted by molar-refractivity contribution is -0.385. The van der Waals surface area contributed by atoms with Crippen molar-refractivity contribution < 1.29 is 18.4 Å². The monoisotopic (exact) mass is 336 g/mol. The molecule has 0 saturated heterocycles. The van der Waals surface area contributed by atoms with Crippen molar-refractivity contribution in [3.05, 3.63) is 70.3 Å². The smallest absolute Gasteiger partial charge is 0.270 e. The van der Waals surface area contributed by atoms with E-state index in [4.69, 9.17) is 0 Å². The van der Waals surface area contributed by atoms with Crippen LogP contribution in [0.5, 0.6) is 0 Å². The van der Waals surface area contributed by atoms with Crippen LogP contribution in [0.4, 0.5) is 5.69 Å². The first kappa shape index (κ1) is 17.1. The third kappa shape index (κ3) is 4.85. The second-order valence-electron chi connectivity index (χ2n) is 4.95. The quantitative estimate of drug-likeness (QED) is 0.588. The Bertz CT molecular complexity index is 777. The zero-order valence-electron chi connectivity index (χ0n) is 12.1. The van der Waals surface area contributed by atoms with E-state index in [-0.39, 0.29) is 17.1 Å². The molecule has 8 heteroatoms. The molecule has 0 saturated carbocycles. The molecule has 2 rings (SSSR count). The van der Waals surface area contributed by atoms with Crippen molar-refractivity contribution in [1.29, 1.82) is 0 Å². The molecule has 0 heterocycles. The van der Waals surface area contributed by atoms with E-state index in [1.165, 1.54) is 18.2 Å². The van der Waals surface area contributed by atoms with Gasteiger partial charge in [-0.1, -0.05) is 36.4 Å². The molecule has 1 atom stereocenters. The van der Waals surface area contributed by atoms with Crippen LogP contribution in [0.25, 0.3) is 0 Å². The van der Waals surface area contributed by atoms with E-state index in [0.29, 0.717) is 6.42 Å². The molecular weight excluding hydrogens is 320 g/mol. The Morgan fingerprint density at radius 1 is 1.13 bits per heavy atom. The van der Waals surface area contributed by atoms with E-state index in [1.807, 2.05) is 30.3 Å². The fourth-order valence-electron chi connectivity index (χ4n) is 2.01. The summed E-state index contributed by atoms with van der Waals surface area (Å²) in [6.07, 6.45) is -0.593. The molecule has 1 unspecified atom stereocenters. The number of nitrogens with zero attached hydrogens (tertiary/aromatic N) is 1. The minimum Gasteiger partial charge on any atom is -0.391 e. The van der Waals surface area contributed by atoms with Gasteiger partial charge in [-0.25, -0.2) is 13.1 Å². The molecule has 2 aromatic carbocycles. The number of nitro groups is 1. The van der Waals surface area contributed by atoms with Crippen LogP contribution >= 0.6 is 0 Å². The van der Waals surface area contributed by atoms with Crippen LogP contribution in [0.3, 0.4) is 0 Å². The second kappa shape index (κ2) is 7.32. The maximum absolute atomic E-state index is 12.1. The molecule has 0 fully saturated rings. The van der Waals surface area contributed by atoms with Crippen LogP contribution in [-0.2, 0) is 16.4 Å². The third-order valence-corrected chi connectivity index (χ3v) is 4.58. The third-order valence-electron chi connectivity index (χ3n) is 3.16. The van der Waals surface area contributed by atoms with E-state index in [1.54, 1.807) is 0 Å². The van der Waals surface area contributed by atoms with Crippen LogP contribution in [0, 0.1) is 10.1 Å². The summed E-state index contributed by atoms with van der Waals surface area (Å²) in [7, 11) is -3.92. The first-order chi connectivity index (χ1) is 10.9. The van der Waals surface area contributed by atoms with Gasteiger partial charge in [0.05, 0.1) is 15.9 Å². The predicted molar refractivity (Wildman–Crippen MR) is 84.4 cm³/mol. The van der Waals surface area contributed by atoms with E-state index in [0.717, 1.165) is 11.6 Å². The van der Waals surface area contributed by atoms with Gasteiger partial charge in [-0.3, -0.25) is 10.1 Å². The highest BCUT2D eigenvalue weighted by Gasteiger charge is 2.18. The lowest BCUT2D eigenvalue weighted by Gasteiger charge is -2.12. The summed E-state index contributed by atoms with van der Waals surface area (Å²) in [5.41, 5.74) is 0.576. The Kier molecular flexibility index (Phi) is 5.43. The number of benzene rings is 2. The number of hydrogen-bond donors (Lipinski definition) is 2. The number of hydrogen-bond acceptors (Lipinski definition) is 5. The van der Waals surface area contributed by atoms with Gasteiger partial charge < -0.3 is 5.11 Å². The minimum absolute atomic E-state index is 0.181. The van der Waals surface area contributed by atoms with Crippen molar-refractivity contribution in [2.75, 3.05) is 6.54 Å². The van der Waals surface area contributed by atoms with Gasteiger partial charge in [0, 0.05) is 18.7 Å². The molecule has 0 aliphatic rings. The summed E-state index contributed by atoms with van der Waals surface area (Å²) < 4.78 is 26.5. The largest absolute Gasteiger partial charge is 0.391 e. The fourth-order valence-corrected chi connectivity index (χ4v) is 3.12. The Morgan fingerprint density at radius 3 is 2.48 bits per heavy atom. The Morgan fingerprint density at radius 2 is 1.83 bits per heavy atom. The second-order valence-corrected chi connectivity index (χ2v) is 6.72. The molecule has 23 heavy (non-hydrogen) atoms. The number of nitrogens with one attached hydrogen (secondary N) is 1. The van der Waals surface area contributed by atoms with Gasteiger partial charge in [-0.05, 0) is 18.1 Å². The molecule has 2 N–H and O–H groups in total. The fraction of sp³-hybridized carbons (Fsp3) is 0.200. The molecule has 0 radical (unpaired) electrons. The van der Waals surface area contributed by atoms with Crippen LogP contribution in [0.15, 0.2) is 59.5 Å². The Hall–Kier alpha value is -2.29. The summed E-state index contributed by atoms with van der Waals surface area (Å²) in [5, 5.41) is 20.6. The van der Waals surface area contributed by atoms with Gasteiger partial charge >= 0.3 is 0 Å². The van der Waals surface area contributed by atoms with E-state index in [2.05, 4.69) is 4.72 Å². The van der Waals surface area contributed by atoms with Crippen LogP contribution < -0.4 is 4.72 Å². The van der Waals surface area contributed by atoms with Gasteiger partial charge in [0.1, 0.15) is 0 Å². The van der Waals surface area contributed by atoms with E-state index in [9.17, 15) is 23.6 Å². The predicted octanol–water partition coefficient (Wildman–Crippen LogP) is 1.48. The standard InChI is InChI=1S/C15H16N2O5S/c18-14(9-12-5-2-1-3-6-12)11-16-23(21,22)15-8-4-7-13(10-15)17(19)20/h1-8,10,14,16,18H,9,11H2. The number of aliphatic hydroxyl groups is 1. The normalized spacial score (nSPS) is 12.7. The average molecular weight is 336 g/mol. The van der Waals surface area contributed by atoms with Crippen molar-refractivity contribution in [3.63, 3.8) is 0 Å². The number of nitro benzene ring substituents is 1. The molecule has 122 valence electrons. The van der Waals surface area contributed by atoms with Gasteiger partial charge in [0.15, 0.2) is 0 Å². The van der Waals surface area contributed by atoms with Crippen LogP contribution in [-0.4, -0.2) is 31.1 Å². The summed E-state index contributed by atoms with van der Waals surface area (Å²) in [5.74, 6) is 0. The maximum Gasteiger partial charge on any atom is 0.270 e. The zero-order valence-corrected chi connectivity index (χ0v) is 12.9. The van der Waals surface area contributed by atoms with Crippen molar-refractivity contribution in [2.45, 2.75) is 17.4 Å². The first-order valence-electron chi connectivity index (χ1n) is 6.84. The van der Waals surface area contributed by atoms with E-state index < -0.39 is 21.1 Å². The lowest BCUT2D eigenvalue weighted by atomic mass is 10.1. The maximum atomic E-state index is 12.1. The highest BCUT2D eigenvalue weighted by Crippen LogP contribution is 2.17. The summed E-state index contributed by atoms with van der Waals surface area (Å²) in [6, 6.07) is 13.9. The van der Waals surface area contributed by atoms with Gasteiger partial charge in [0.2, 0.25) is 10.0 Å². The molecule has 7 nitrogen and oxygen atoms in total. The van der Waals surface area contributed by atoms with Gasteiger partial charge in [-0.15, -0.1) is 0 Å². The summed E-state index contributed by atoms with van der Waals surface area (Å²) >= 11 is 0. The van der Waals surface area contributed by atoms with Crippen molar-refractivity contribution in [3.8, 4) is 0 Å². The van der Waals surface area contributed by atoms with E-state index >= 15 is 0 Å². The molecule has 0 aromatic heterocycles. The SMILES string of the molecule is O=[N+]([O-])c1cccc(S(=O)(=O)NCC(O)Cc2ccccc2)c1. The molecule has 0 amide bonds. The molecule has 0 spiro atoms. The highest BCUT2D eigenvalue weighted by molar-refractivity contribution is 7.89. The number of aliphatic hydroxyl groups excluding tert-OH is 1. The number of non-ortho nitro benzene ring substituents is 1. The molecule has 0 aliphatic carbocycles. The summed E-state index contributed by atoms with van der Waals surface area (Å²) in [6.45, 7) is -0.181. The molecule has 2 aromatic rings. The Labute approximate surface area is 133 Å². The van der Waals surface area contributed by atoms with Crippen LogP contribution in [0.2, 0.25) is 0 Å². The minimum atomic E-state index is -3.92. The highest BCUT2D eigenvalue weighted by atomic mass is 32.2. The van der Waals surface area contributed by atoms with Gasteiger partial charge in [-0.2, -0.15) is 0 Å². The molecule has 0 bridgehead atoms.